The fourth-order valence-electron chi connectivity index (χ4n) is 2.54. The second-order valence-corrected chi connectivity index (χ2v) is 5.03. The Hall–Kier alpha value is -2.49. The smallest absolute Gasteiger partial charge is 0.264 e. The molecule has 2 heterocycles. The summed E-state index contributed by atoms with van der Waals surface area (Å²) in [5, 5.41) is 18.9. The van der Waals surface area contributed by atoms with Crippen molar-refractivity contribution in [3.63, 3.8) is 0 Å². The molecule has 0 bridgehead atoms. The van der Waals surface area contributed by atoms with E-state index >= 15 is 0 Å². The second kappa shape index (κ2) is 5.25. The number of H-pyrrole nitrogens is 1. The minimum Gasteiger partial charge on any atom is -0.339 e. The van der Waals surface area contributed by atoms with Crippen molar-refractivity contribution in [2.75, 3.05) is 0 Å². The lowest BCUT2D eigenvalue weighted by Crippen LogP contribution is -2.06. The maximum Gasteiger partial charge on any atom is 0.264 e. The van der Waals surface area contributed by atoms with Crippen LogP contribution in [0.4, 0.5) is 0 Å². The highest BCUT2D eigenvalue weighted by Crippen LogP contribution is 2.32. The molecule has 1 N–H and O–H groups in total. The Morgan fingerprint density at radius 2 is 2.35 bits per heavy atom. The van der Waals surface area contributed by atoms with Gasteiger partial charge in [-0.25, -0.2) is 5.10 Å². The minimum atomic E-state index is -0.272. The number of nitriles is 1. The number of nitrogens with one attached hydrogen (secondary N) is 1. The van der Waals surface area contributed by atoms with Gasteiger partial charge in [-0.1, -0.05) is 5.16 Å². The van der Waals surface area contributed by atoms with Gasteiger partial charge in [0.05, 0.1) is 6.07 Å². The molecule has 0 saturated heterocycles. The van der Waals surface area contributed by atoms with Gasteiger partial charge in [-0.2, -0.15) is 15.3 Å². The number of nitrogens with zero attached hydrogens (tertiary/aromatic N) is 4. The molecule has 7 nitrogen and oxygen atoms in total. The fourth-order valence-corrected chi connectivity index (χ4v) is 2.54. The molecule has 2 atom stereocenters. The fraction of sp³-hybridized carbons (Fsp3) is 0.462. The average molecular weight is 271 g/mol. The second-order valence-electron chi connectivity index (χ2n) is 5.03. The Bertz CT molecular complexity index is 679. The third-order valence-corrected chi connectivity index (χ3v) is 3.56. The van der Waals surface area contributed by atoms with Crippen LogP contribution in [0.25, 0.3) is 11.5 Å². The summed E-state index contributed by atoms with van der Waals surface area (Å²) in [6, 6.07) is 5.22. The van der Waals surface area contributed by atoms with Crippen LogP contribution < -0.4 is 5.56 Å². The van der Waals surface area contributed by atoms with E-state index in [1.54, 1.807) is 6.07 Å². The molecule has 1 aliphatic carbocycles. The zero-order chi connectivity index (χ0) is 13.9. The molecule has 102 valence electrons. The first-order valence-corrected chi connectivity index (χ1v) is 6.53. The molecule has 0 aromatic carbocycles. The highest BCUT2D eigenvalue weighted by atomic mass is 16.5. The minimum absolute atomic E-state index is 0.156. The highest BCUT2D eigenvalue weighted by Gasteiger charge is 2.26. The van der Waals surface area contributed by atoms with Crippen LogP contribution in [-0.2, 0) is 6.42 Å². The zero-order valence-electron chi connectivity index (χ0n) is 10.7. The van der Waals surface area contributed by atoms with Crippen molar-refractivity contribution in [2.24, 2.45) is 11.8 Å². The first-order valence-electron chi connectivity index (χ1n) is 6.53. The van der Waals surface area contributed by atoms with E-state index in [4.69, 9.17) is 9.78 Å². The van der Waals surface area contributed by atoms with Gasteiger partial charge < -0.3 is 4.52 Å². The van der Waals surface area contributed by atoms with Crippen LogP contribution in [0.2, 0.25) is 0 Å². The summed E-state index contributed by atoms with van der Waals surface area (Å²) in [4.78, 5) is 15.2. The molecule has 0 radical (unpaired) electrons. The maximum atomic E-state index is 10.9. The quantitative estimate of drug-likeness (QED) is 0.901. The Kier molecular flexibility index (Phi) is 3.29. The molecule has 2 aromatic heterocycles. The largest absolute Gasteiger partial charge is 0.339 e. The molecule has 3 rings (SSSR count). The van der Waals surface area contributed by atoms with Gasteiger partial charge in [0, 0.05) is 18.4 Å². The third kappa shape index (κ3) is 2.59. The van der Waals surface area contributed by atoms with Crippen molar-refractivity contribution in [3.05, 3.63) is 28.4 Å². The highest BCUT2D eigenvalue weighted by molar-refractivity contribution is 5.46. The summed E-state index contributed by atoms with van der Waals surface area (Å²) in [5.41, 5.74) is 0.201. The van der Waals surface area contributed by atoms with Gasteiger partial charge in [0.2, 0.25) is 11.7 Å². The van der Waals surface area contributed by atoms with E-state index in [0.29, 0.717) is 29.7 Å². The van der Waals surface area contributed by atoms with Crippen LogP contribution in [0.5, 0.6) is 0 Å². The van der Waals surface area contributed by atoms with E-state index in [1.807, 2.05) is 0 Å². The van der Waals surface area contributed by atoms with E-state index in [9.17, 15) is 4.79 Å². The maximum absolute atomic E-state index is 10.9. The lowest BCUT2D eigenvalue weighted by atomic mass is 10.0. The van der Waals surface area contributed by atoms with Gasteiger partial charge in [0.1, 0.15) is 5.69 Å². The number of hydrogen-bond acceptors (Lipinski definition) is 6. The average Bonchev–Trinajstić information content (AvgIpc) is 3.09. The first kappa shape index (κ1) is 12.5. The zero-order valence-corrected chi connectivity index (χ0v) is 10.7. The topological polar surface area (TPSA) is 108 Å². The Morgan fingerprint density at radius 1 is 1.45 bits per heavy atom. The van der Waals surface area contributed by atoms with Gasteiger partial charge in [0.25, 0.3) is 5.56 Å². The van der Waals surface area contributed by atoms with Crippen LogP contribution >= 0.6 is 0 Å². The molecular formula is C13H13N5O2. The van der Waals surface area contributed by atoms with Crippen LogP contribution in [0.3, 0.4) is 0 Å². The number of hydrogen-bond donors (Lipinski definition) is 1. The van der Waals surface area contributed by atoms with Crippen LogP contribution in [0.15, 0.2) is 21.5 Å². The Morgan fingerprint density at radius 3 is 3.05 bits per heavy atom. The lowest BCUT2D eigenvalue weighted by molar-refractivity contribution is 0.352. The Labute approximate surface area is 114 Å². The summed E-state index contributed by atoms with van der Waals surface area (Å²) < 4.78 is 5.20. The number of aromatic nitrogens is 4. The van der Waals surface area contributed by atoms with Gasteiger partial charge in [-0.15, -0.1) is 0 Å². The van der Waals surface area contributed by atoms with Crippen LogP contribution in [-0.4, -0.2) is 20.3 Å². The molecule has 1 aliphatic rings. The van der Waals surface area contributed by atoms with E-state index in [-0.39, 0.29) is 11.5 Å². The first-order chi connectivity index (χ1) is 9.74. The SMILES string of the molecule is N#CC1CCC(Cc2nc(-c3ccc(=O)[nH]n3)no2)C1. The molecule has 1 saturated carbocycles. The normalized spacial score (nSPS) is 21.8. The monoisotopic (exact) mass is 271 g/mol. The van der Waals surface area contributed by atoms with E-state index in [0.717, 1.165) is 19.3 Å². The summed E-state index contributed by atoms with van der Waals surface area (Å²) in [5.74, 6) is 1.50. The summed E-state index contributed by atoms with van der Waals surface area (Å²) in [6.07, 6.45) is 3.55. The van der Waals surface area contributed by atoms with Crippen LogP contribution in [0, 0.1) is 23.2 Å². The summed E-state index contributed by atoms with van der Waals surface area (Å²) in [6.45, 7) is 0. The van der Waals surface area contributed by atoms with Crippen molar-refractivity contribution in [1.29, 1.82) is 5.26 Å². The van der Waals surface area contributed by atoms with Gasteiger partial charge in [-0.05, 0) is 31.2 Å². The van der Waals surface area contributed by atoms with E-state index in [1.165, 1.54) is 6.07 Å². The standard InChI is InChI=1S/C13H13N5O2/c14-7-9-2-1-8(5-9)6-12-15-13(18-20-12)10-3-4-11(19)17-16-10/h3-4,8-9H,1-2,5-6H2,(H,17,19). The predicted octanol–water partition coefficient (Wildman–Crippen LogP) is 1.30. The molecule has 2 aromatic rings. The number of aromatic amines is 1. The molecule has 20 heavy (non-hydrogen) atoms. The van der Waals surface area contributed by atoms with E-state index in [2.05, 4.69) is 26.4 Å². The Balaban J connectivity index is 1.70. The van der Waals surface area contributed by atoms with Crippen molar-refractivity contribution in [2.45, 2.75) is 25.7 Å². The predicted molar refractivity (Wildman–Crippen MR) is 68.3 cm³/mol. The van der Waals surface area contributed by atoms with Crippen molar-refractivity contribution < 1.29 is 4.52 Å². The van der Waals surface area contributed by atoms with Crippen molar-refractivity contribution in [1.82, 2.24) is 20.3 Å². The van der Waals surface area contributed by atoms with Crippen molar-refractivity contribution in [3.8, 4) is 17.6 Å². The molecule has 7 heteroatoms. The number of rotatable bonds is 3. The molecule has 1 fully saturated rings. The summed E-state index contributed by atoms with van der Waals surface area (Å²) in [7, 11) is 0. The third-order valence-electron chi connectivity index (χ3n) is 3.56. The molecule has 0 spiro atoms. The van der Waals surface area contributed by atoms with Gasteiger partial charge >= 0.3 is 0 Å². The summed E-state index contributed by atoms with van der Waals surface area (Å²) >= 11 is 0. The molecule has 2 unspecified atom stereocenters. The molecule has 0 aliphatic heterocycles. The van der Waals surface area contributed by atoms with Crippen molar-refractivity contribution >= 4 is 0 Å². The molecule has 0 amide bonds. The van der Waals surface area contributed by atoms with Gasteiger partial charge in [0.15, 0.2) is 0 Å². The van der Waals surface area contributed by atoms with Gasteiger partial charge in [-0.3, -0.25) is 4.79 Å². The van der Waals surface area contributed by atoms with Crippen LogP contribution in [0.1, 0.15) is 25.2 Å². The molecular weight excluding hydrogens is 258 g/mol. The van der Waals surface area contributed by atoms with E-state index < -0.39 is 0 Å². The lowest BCUT2D eigenvalue weighted by Gasteiger charge is -2.03.